The summed E-state index contributed by atoms with van der Waals surface area (Å²) in [6.07, 6.45) is 2.96. The lowest BCUT2D eigenvalue weighted by Crippen LogP contribution is -2.08. The number of esters is 3. The fourth-order valence-electron chi connectivity index (χ4n) is 2.69. The van der Waals surface area contributed by atoms with E-state index >= 15 is 0 Å². The number of hydrogen-bond acceptors (Lipinski definition) is 6. The van der Waals surface area contributed by atoms with Crippen molar-refractivity contribution in [2.75, 3.05) is 0 Å². The Bertz CT molecular complexity index is 1280. The van der Waals surface area contributed by atoms with E-state index in [1.54, 1.807) is 32.1 Å². The lowest BCUT2D eigenvalue weighted by Gasteiger charge is -2.06. The van der Waals surface area contributed by atoms with Gasteiger partial charge in [0.2, 0.25) is 0 Å². The molecular formula is C27H22O6. The zero-order valence-corrected chi connectivity index (χ0v) is 18.3. The molecule has 0 unspecified atom stereocenters. The molecule has 0 bridgehead atoms. The van der Waals surface area contributed by atoms with Gasteiger partial charge in [0.15, 0.2) is 0 Å². The third kappa shape index (κ3) is 6.51. The molecule has 3 aromatic carbocycles. The number of rotatable bonds is 7. The third-order valence-electron chi connectivity index (χ3n) is 4.41. The van der Waals surface area contributed by atoms with Crippen LogP contribution in [0.4, 0.5) is 0 Å². The molecule has 0 fully saturated rings. The molecule has 0 N–H and O–H groups in total. The first kappa shape index (κ1) is 23.2. The number of fused-ring (bicyclic) bond motifs is 1. The van der Waals surface area contributed by atoms with Crippen LogP contribution in [0, 0.1) is 0 Å². The van der Waals surface area contributed by atoms with Crippen LogP contribution in [0.15, 0.2) is 91.0 Å². The molecular weight excluding hydrogens is 420 g/mol. The number of benzene rings is 3. The highest BCUT2D eigenvalue weighted by molar-refractivity contribution is 5.92. The molecule has 0 atom stereocenters. The highest BCUT2D eigenvalue weighted by Crippen LogP contribution is 2.23. The van der Waals surface area contributed by atoms with Gasteiger partial charge in [-0.05, 0) is 78.7 Å². The van der Waals surface area contributed by atoms with Crippen molar-refractivity contribution in [2.24, 2.45) is 0 Å². The van der Waals surface area contributed by atoms with Crippen LogP contribution < -0.4 is 14.2 Å². The SMILES string of the molecule is C=C(C)C(=O)Oc1ccc(OC(=O)/C=C/c2ccc3cc(OC(=O)C(=C)C)ccc3c2)cc1. The average Bonchev–Trinajstić information content (AvgIpc) is 2.78. The van der Waals surface area contributed by atoms with E-state index in [0.717, 1.165) is 16.3 Å². The van der Waals surface area contributed by atoms with Gasteiger partial charge in [0.25, 0.3) is 0 Å². The summed E-state index contributed by atoms with van der Waals surface area (Å²) < 4.78 is 15.6. The van der Waals surface area contributed by atoms with Crippen LogP contribution in [-0.2, 0) is 14.4 Å². The maximum Gasteiger partial charge on any atom is 0.338 e. The van der Waals surface area contributed by atoms with Crippen molar-refractivity contribution in [1.29, 1.82) is 0 Å². The maximum absolute atomic E-state index is 12.1. The van der Waals surface area contributed by atoms with Crippen molar-refractivity contribution in [3.63, 3.8) is 0 Å². The topological polar surface area (TPSA) is 78.9 Å². The molecule has 0 aliphatic heterocycles. The predicted octanol–water partition coefficient (Wildman–Crippen LogP) is 5.42. The smallest absolute Gasteiger partial charge is 0.338 e. The molecule has 0 spiro atoms. The molecule has 3 rings (SSSR count). The standard InChI is InChI=1S/C27H22O6/c1-17(2)26(29)32-23-12-10-22(11-13-23)31-25(28)14-6-19-5-7-21-16-24(9-8-20(21)15-19)33-27(30)18(3)4/h5-16H,1,3H2,2,4H3/b14-6+. The molecule has 0 aromatic heterocycles. The summed E-state index contributed by atoms with van der Waals surface area (Å²) in [4.78, 5) is 35.3. The Morgan fingerprint density at radius 3 is 1.76 bits per heavy atom. The highest BCUT2D eigenvalue weighted by Gasteiger charge is 2.08. The van der Waals surface area contributed by atoms with E-state index in [4.69, 9.17) is 14.2 Å². The van der Waals surface area contributed by atoms with Crippen molar-refractivity contribution in [3.05, 3.63) is 96.6 Å². The molecule has 0 saturated heterocycles. The molecule has 0 aliphatic rings. The maximum atomic E-state index is 12.1. The minimum Gasteiger partial charge on any atom is -0.423 e. The van der Waals surface area contributed by atoms with Gasteiger partial charge in [-0.1, -0.05) is 31.4 Å². The van der Waals surface area contributed by atoms with Crippen LogP contribution in [0.2, 0.25) is 0 Å². The lowest BCUT2D eigenvalue weighted by atomic mass is 10.1. The fraction of sp³-hybridized carbons (Fsp3) is 0.0741. The molecule has 33 heavy (non-hydrogen) atoms. The van der Waals surface area contributed by atoms with Gasteiger partial charge < -0.3 is 14.2 Å². The summed E-state index contributed by atoms with van der Waals surface area (Å²) >= 11 is 0. The Morgan fingerprint density at radius 1 is 0.667 bits per heavy atom. The van der Waals surface area contributed by atoms with Crippen LogP contribution in [0.3, 0.4) is 0 Å². The molecule has 6 heteroatoms. The Morgan fingerprint density at radius 2 is 1.15 bits per heavy atom. The van der Waals surface area contributed by atoms with E-state index in [0.29, 0.717) is 22.8 Å². The van der Waals surface area contributed by atoms with Crippen molar-refractivity contribution in [3.8, 4) is 17.2 Å². The van der Waals surface area contributed by atoms with Crippen LogP contribution in [0.1, 0.15) is 19.4 Å². The first-order valence-electron chi connectivity index (χ1n) is 10.0. The van der Waals surface area contributed by atoms with Gasteiger partial charge in [-0.25, -0.2) is 14.4 Å². The summed E-state index contributed by atoms with van der Waals surface area (Å²) in [6, 6.07) is 17.0. The number of hydrogen-bond donors (Lipinski definition) is 0. The molecule has 166 valence electrons. The minimum absolute atomic E-state index is 0.288. The summed E-state index contributed by atoms with van der Waals surface area (Å²) in [5.74, 6) is -0.481. The second-order valence-corrected chi connectivity index (χ2v) is 7.33. The van der Waals surface area contributed by atoms with Gasteiger partial charge in [0.05, 0.1) is 0 Å². The Hall–Kier alpha value is -4.45. The molecule has 0 heterocycles. The molecule has 3 aromatic rings. The summed E-state index contributed by atoms with van der Waals surface area (Å²) in [5.41, 5.74) is 1.41. The normalized spacial score (nSPS) is 10.6. The van der Waals surface area contributed by atoms with Gasteiger partial charge in [0.1, 0.15) is 17.2 Å². The first-order valence-corrected chi connectivity index (χ1v) is 10.0. The Balaban J connectivity index is 1.62. The predicted molar refractivity (Wildman–Crippen MR) is 126 cm³/mol. The highest BCUT2D eigenvalue weighted by atomic mass is 16.5. The van der Waals surface area contributed by atoms with Gasteiger partial charge >= 0.3 is 17.9 Å². The van der Waals surface area contributed by atoms with Gasteiger partial charge in [0, 0.05) is 17.2 Å². The molecule has 0 radical (unpaired) electrons. The Kier molecular flexibility index (Phi) is 7.20. The van der Waals surface area contributed by atoms with E-state index in [-0.39, 0.29) is 5.57 Å². The van der Waals surface area contributed by atoms with E-state index in [1.807, 2.05) is 24.3 Å². The zero-order chi connectivity index (χ0) is 24.0. The van der Waals surface area contributed by atoms with Crippen molar-refractivity contribution >= 4 is 34.8 Å². The van der Waals surface area contributed by atoms with Gasteiger partial charge in [-0.3, -0.25) is 0 Å². The average molecular weight is 442 g/mol. The molecule has 0 amide bonds. The van der Waals surface area contributed by atoms with E-state index < -0.39 is 17.9 Å². The number of ether oxygens (including phenoxy) is 3. The molecule has 0 saturated carbocycles. The zero-order valence-electron chi connectivity index (χ0n) is 18.3. The summed E-state index contributed by atoms with van der Waals surface area (Å²) in [5, 5.41) is 1.80. The van der Waals surface area contributed by atoms with Crippen molar-refractivity contribution in [1.82, 2.24) is 0 Å². The van der Waals surface area contributed by atoms with Crippen LogP contribution >= 0.6 is 0 Å². The van der Waals surface area contributed by atoms with Crippen LogP contribution in [0.5, 0.6) is 17.2 Å². The number of carbonyl (C=O) groups excluding carboxylic acids is 3. The van der Waals surface area contributed by atoms with E-state index in [1.165, 1.54) is 30.3 Å². The largest absolute Gasteiger partial charge is 0.423 e. The monoisotopic (exact) mass is 442 g/mol. The van der Waals surface area contributed by atoms with Crippen LogP contribution in [0.25, 0.3) is 16.8 Å². The van der Waals surface area contributed by atoms with Crippen molar-refractivity contribution < 1.29 is 28.6 Å². The fourth-order valence-corrected chi connectivity index (χ4v) is 2.69. The van der Waals surface area contributed by atoms with E-state index in [9.17, 15) is 14.4 Å². The quantitative estimate of drug-likeness (QED) is 0.276. The van der Waals surface area contributed by atoms with E-state index in [2.05, 4.69) is 13.2 Å². The summed E-state index contributed by atoms with van der Waals surface area (Å²) in [6.45, 7) is 10.2. The second kappa shape index (κ2) is 10.2. The Labute approximate surface area is 191 Å². The minimum atomic E-state index is -0.552. The first-order chi connectivity index (χ1) is 15.7. The molecule has 0 aliphatic carbocycles. The lowest BCUT2D eigenvalue weighted by molar-refractivity contribution is -0.131. The third-order valence-corrected chi connectivity index (χ3v) is 4.41. The van der Waals surface area contributed by atoms with Crippen LogP contribution in [-0.4, -0.2) is 17.9 Å². The number of carbonyl (C=O) groups is 3. The molecule has 6 nitrogen and oxygen atoms in total. The summed E-state index contributed by atoms with van der Waals surface area (Å²) in [7, 11) is 0. The van der Waals surface area contributed by atoms with Gasteiger partial charge in [-0.2, -0.15) is 0 Å². The van der Waals surface area contributed by atoms with Crippen molar-refractivity contribution in [2.45, 2.75) is 13.8 Å². The van der Waals surface area contributed by atoms with Gasteiger partial charge in [-0.15, -0.1) is 0 Å². The second-order valence-electron chi connectivity index (χ2n) is 7.33.